The van der Waals surface area contributed by atoms with Gasteiger partial charge in [0, 0.05) is 11.1 Å². The van der Waals surface area contributed by atoms with E-state index in [0.717, 1.165) is 11.8 Å². The van der Waals surface area contributed by atoms with E-state index < -0.39 is 0 Å². The first kappa shape index (κ1) is 13.8. The van der Waals surface area contributed by atoms with Crippen LogP contribution < -0.4 is 10.1 Å². The van der Waals surface area contributed by atoms with Crippen LogP contribution in [0.5, 0.6) is 5.75 Å². The lowest BCUT2D eigenvalue weighted by molar-refractivity contribution is -0.115. The summed E-state index contributed by atoms with van der Waals surface area (Å²) in [5.74, 6) is 0.482. The van der Waals surface area contributed by atoms with Crippen LogP contribution in [0.1, 0.15) is 15.9 Å². The zero-order chi connectivity index (χ0) is 14.4. The maximum Gasteiger partial charge on any atom is 0.228 e. The van der Waals surface area contributed by atoms with Gasteiger partial charge in [-0.2, -0.15) is 0 Å². The van der Waals surface area contributed by atoms with Gasteiger partial charge in [-0.15, -0.1) is 0 Å². The van der Waals surface area contributed by atoms with Gasteiger partial charge >= 0.3 is 0 Å². The van der Waals surface area contributed by atoms with Crippen molar-refractivity contribution in [2.24, 2.45) is 0 Å². The maximum absolute atomic E-state index is 12.0. The highest BCUT2D eigenvalue weighted by Crippen LogP contribution is 2.19. The van der Waals surface area contributed by atoms with E-state index in [2.05, 4.69) is 5.32 Å². The molecule has 0 aliphatic carbocycles. The van der Waals surface area contributed by atoms with E-state index in [1.165, 1.54) is 0 Å². The molecule has 1 amide bonds. The molecule has 0 aromatic heterocycles. The number of hydrogen-bond acceptors (Lipinski definition) is 3. The number of rotatable bonds is 5. The maximum atomic E-state index is 12.0. The van der Waals surface area contributed by atoms with Gasteiger partial charge in [-0.25, -0.2) is 0 Å². The lowest BCUT2D eigenvalue weighted by Crippen LogP contribution is -2.16. The second kappa shape index (κ2) is 6.52. The summed E-state index contributed by atoms with van der Waals surface area (Å²) in [6.07, 6.45) is 0.913. The molecule has 0 aliphatic heterocycles. The van der Waals surface area contributed by atoms with Crippen molar-refractivity contribution >= 4 is 17.9 Å². The summed E-state index contributed by atoms with van der Waals surface area (Å²) in [4.78, 5) is 22.9. The van der Waals surface area contributed by atoms with Crippen LogP contribution in [0.4, 0.5) is 5.69 Å². The molecule has 0 atom stereocenters. The van der Waals surface area contributed by atoms with Gasteiger partial charge in [-0.1, -0.05) is 30.3 Å². The molecule has 0 aliphatic rings. The van der Waals surface area contributed by atoms with Crippen molar-refractivity contribution in [1.82, 2.24) is 0 Å². The number of methoxy groups -OCH3 is 1. The van der Waals surface area contributed by atoms with E-state index in [0.29, 0.717) is 17.0 Å². The summed E-state index contributed by atoms with van der Waals surface area (Å²) >= 11 is 0. The van der Waals surface area contributed by atoms with Gasteiger partial charge in [0.05, 0.1) is 19.2 Å². The molecular weight excluding hydrogens is 254 g/mol. The molecule has 0 radical (unpaired) electrons. The molecule has 0 bridgehead atoms. The quantitative estimate of drug-likeness (QED) is 0.849. The first-order chi connectivity index (χ1) is 9.74. The summed E-state index contributed by atoms with van der Waals surface area (Å²) in [6, 6.07) is 14.2. The number of para-hydroxylation sites is 2. The average molecular weight is 269 g/mol. The van der Waals surface area contributed by atoms with Gasteiger partial charge in [0.1, 0.15) is 5.75 Å². The fourth-order valence-corrected chi connectivity index (χ4v) is 1.93. The SMILES string of the molecule is COc1ccccc1CC(=O)Nc1ccccc1C=O. The van der Waals surface area contributed by atoms with Crippen molar-refractivity contribution in [2.45, 2.75) is 6.42 Å². The Kier molecular flexibility index (Phi) is 4.50. The first-order valence-corrected chi connectivity index (χ1v) is 6.20. The fourth-order valence-electron chi connectivity index (χ4n) is 1.93. The van der Waals surface area contributed by atoms with Crippen LogP contribution in [-0.2, 0) is 11.2 Å². The Balaban J connectivity index is 2.11. The van der Waals surface area contributed by atoms with Gasteiger partial charge in [0.15, 0.2) is 6.29 Å². The van der Waals surface area contributed by atoms with Gasteiger partial charge in [0.2, 0.25) is 5.91 Å². The molecule has 0 unspecified atom stereocenters. The highest BCUT2D eigenvalue weighted by Gasteiger charge is 2.10. The number of anilines is 1. The van der Waals surface area contributed by atoms with E-state index in [9.17, 15) is 9.59 Å². The van der Waals surface area contributed by atoms with E-state index in [1.54, 1.807) is 31.4 Å². The Morgan fingerprint density at radius 1 is 1.15 bits per heavy atom. The summed E-state index contributed by atoms with van der Waals surface area (Å²) in [7, 11) is 1.57. The molecule has 0 fully saturated rings. The molecule has 4 nitrogen and oxygen atoms in total. The van der Waals surface area contributed by atoms with Gasteiger partial charge in [-0.05, 0) is 18.2 Å². The van der Waals surface area contributed by atoms with Gasteiger partial charge in [-0.3, -0.25) is 9.59 Å². The van der Waals surface area contributed by atoms with Crippen molar-refractivity contribution in [3.63, 3.8) is 0 Å². The van der Waals surface area contributed by atoms with Crippen LogP contribution in [0.15, 0.2) is 48.5 Å². The van der Waals surface area contributed by atoms with Crippen molar-refractivity contribution in [2.75, 3.05) is 12.4 Å². The molecule has 0 saturated heterocycles. The molecule has 20 heavy (non-hydrogen) atoms. The van der Waals surface area contributed by atoms with Gasteiger partial charge < -0.3 is 10.1 Å². The van der Waals surface area contributed by atoms with Crippen LogP contribution in [0.3, 0.4) is 0 Å². The second-order valence-corrected chi connectivity index (χ2v) is 4.24. The van der Waals surface area contributed by atoms with Crippen LogP contribution in [0.25, 0.3) is 0 Å². The molecule has 2 aromatic rings. The van der Waals surface area contributed by atoms with Crippen LogP contribution in [-0.4, -0.2) is 19.3 Å². The molecule has 0 heterocycles. The van der Waals surface area contributed by atoms with Crippen LogP contribution >= 0.6 is 0 Å². The predicted octanol–water partition coefficient (Wildman–Crippen LogP) is 2.69. The van der Waals surface area contributed by atoms with Crippen LogP contribution in [0, 0.1) is 0 Å². The van der Waals surface area contributed by atoms with E-state index in [1.807, 2.05) is 24.3 Å². The lowest BCUT2D eigenvalue weighted by atomic mass is 10.1. The largest absolute Gasteiger partial charge is 0.496 e. The smallest absolute Gasteiger partial charge is 0.228 e. The Hall–Kier alpha value is -2.62. The molecule has 1 N–H and O–H groups in total. The summed E-state index contributed by atoms with van der Waals surface area (Å²) in [5, 5.41) is 2.74. The van der Waals surface area contributed by atoms with Gasteiger partial charge in [0.25, 0.3) is 0 Å². The number of ether oxygens (including phenoxy) is 1. The minimum Gasteiger partial charge on any atom is -0.496 e. The van der Waals surface area contributed by atoms with Crippen LogP contribution in [0.2, 0.25) is 0 Å². The number of hydrogen-bond donors (Lipinski definition) is 1. The first-order valence-electron chi connectivity index (χ1n) is 6.20. The zero-order valence-electron chi connectivity index (χ0n) is 11.1. The molecule has 0 spiro atoms. The number of carbonyl (C=O) groups excluding carboxylic acids is 2. The van der Waals surface area contributed by atoms with E-state index >= 15 is 0 Å². The van der Waals surface area contributed by atoms with Crippen molar-refractivity contribution in [3.8, 4) is 5.75 Å². The Morgan fingerprint density at radius 3 is 2.60 bits per heavy atom. The number of amides is 1. The molecule has 0 saturated carbocycles. The number of carbonyl (C=O) groups is 2. The molecular formula is C16H15NO3. The average Bonchev–Trinajstić information content (AvgIpc) is 2.48. The summed E-state index contributed by atoms with van der Waals surface area (Å²) in [6.45, 7) is 0. The monoisotopic (exact) mass is 269 g/mol. The fraction of sp³-hybridized carbons (Fsp3) is 0.125. The molecule has 2 rings (SSSR count). The lowest BCUT2D eigenvalue weighted by Gasteiger charge is -2.10. The topological polar surface area (TPSA) is 55.4 Å². The second-order valence-electron chi connectivity index (χ2n) is 4.24. The summed E-state index contributed by atoms with van der Waals surface area (Å²) in [5.41, 5.74) is 1.78. The molecule has 102 valence electrons. The third-order valence-corrected chi connectivity index (χ3v) is 2.91. The third kappa shape index (κ3) is 3.23. The Morgan fingerprint density at radius 2 is 1.85 bits per heavy atom. The minimum absolute atomic E-state index is 0.191. The van der Waals surface area contributed by atoms with Crippen molar-refractivity contribution in [1.29, 1.82) is 0 Å². The van der Waals surface area contributed by atoms with E-state index in [4.69, 9.17) is 4.74 Å². The number of aldehydes is 1. The zero-order valence-corrected chi connectivity index (χ0v) is 11.1. The Labute approximate surface area is 117 Å². The standard InChI is InChI=1S/C16H15NO3/c1-20-15-9-5-3-6-12(15)10-16(19)17-14-8-4-2-7-13(14)11-18/h2-9,11H,10H2,1H3,(H,17,19). The minimum atomic E-state index is -0.191. The van der Waals surface area contributed by atoms with Crippen molar-refractivity contribution < 1.29 is 14.3 Å². The molecule has 4 heteroatoms. The Bertz CT molecular complexity index is 623. The van der Waals surface area contributed by atoms with E-state index in [-0.39, 0.29) is 12.3 Å². The normalized spacial score (nSPS) is 9.85. The third-order valence-electron chi connectivity index (χ3n) is 2.91. The summed E-state index contributed by atoms with van der Waals surface area (Å²) < 4.78 is 5.21. The highest BCUT2D eigenvalue weighted by atomic mass is 16.5. The molecule has 2 aromatic carbocycles. The number of benzene rings is 2. The highest BCUT2D eigenvalue weighted by molar-refractivity contribution is 5.97. The number of nitrogens with one attached hydrogen (secondary N) is 1. The predicted molar refractivity (Wildman–Crippen MR) is 77.2 cm³/mol. The van der Waals surface area contributed by atoms with Crippen molar-refractivity contribution in [3.05, 3.63) is 59.7 Å².